The first-order valence-corrected chi connectivity index (χ1v) is 8.27. The molecule has 1 heterocycles. The Hall–Kier alpha value is -0.120. The van der Waals surface area contributed by atoms with Crippen molar-refractivity contribution >= 4 is 0 Å². The van der Waals surface area contributed by atoms with Crippen molar-refractivity contribution in [2.24, 2.45) is 5.92 Å². The van der Waals surface area contributed by atoms with Crippen molar-refractivity contribution in [2.45, 2.75) is 57.5 Å². The number of likely N-dealkylation sites (tertiary alicyclic amines) is 1. The standard InChI is InChI=1S/C16H33N3/c1-14(5-4-10-17-16-6-7-16)19-11-8-15(9-12-19)13-18(2)3/h14-17H,4-13H2,1-3H3. The van der Waals surface area contributed by atoms with E-state index in [9.17, 15) is 0 Å². The van der Waals surface area contributed by atoms with Gasteiger partial charge < -0.3 is 15.1 Å². The monoisotopic (exact) mass is 267 g/mol. The molecule has 2 fully saturated rings. The molecule has 0 aromatic carbocycles. The Balaban J connectivity index is 1.54. The molecular formula is C16H33N3. The topological polar surface area (TPSA) is 18.5 Å². The van der Waals surface area contributed by atoms with Crippen molar-refractivity contribution in [3.63, 3.8) is 0 Å². The Kier molecular flexibility index (Phi) is 6.11. The SMILES string of the molecule is CC(CCCNC1CC1)N1CCC(CN(C)C)CC1. The lowest BCUT2D eigenvalue weighted by Gasteiger charge is -2.37. The van der Waals surface area contributed by atoms with Crippen molar-refractivity contribution in [3.8, 4) is 0 Å². The van der Waals surface area contributed by atoms with E-state index in [4.69, 9.17) is 0 Å². The first-order valence-electron chi connectivity index (χ1n) is 8.27. The lowest BCUT2D eigenvalue weighted by molar-refractivity contribution is 0.121. The molecule has 0 spiro atoms. The molecule has 3 nitrogen and oxygen atoms in total. The second kappa shape index (κ2) is 7.61. The van der Waals surface area contributed by atoms with Gasteiger partial charge in [-0.25, -0.2) is 0 Å². The molecule has 112 valence electrons. The largest absolute Gasteiger partial charge is 0.314 e. The lowest BCUT2D eigenvalue weighted by Crippen LogP contribution is -2.42. The Bertz CT molecular complexity index is 242. The molecule has 0 aromatic heterocycles. The molecule has 1 aliphatic carbocycles. The number of nitrogens with one attached hydrogen (secondary N) is 1. The molecule has 2 aliphatic rings. The van der Waals surface area contributed by atoms with E-state index >= 15 is 0 Å². The maximum atomic E-state index is 3.62. The first-order chi connectivity index (χ1) is 9.15. The average molecular weight is 267 g/mol. The molecule has 1 saturated heterocycles. The van der Waals surface area contributed by atoms with Gasteiger partial charge in [0.2, 0.25) is 0 Å². The summed E-state index contributed by atoms with van der Waals surface area (Å²) < 4.78 is 0. The summed E-state index contributed by atoms with van der Waals surface area (Å²) in [6, 6.07) is 1.65. The predicted molar refractivity (Wildman–Crippen MR) is 82.6 cm³/mol. The molecule has 1 saturated carbocycles. The molecular weight excluding hydrogens is 234 g/mol. The highest BCUT2D eigenvalue weighted by Gasteiger charge is 2.23. The van der Waals surface area contributed by atoms with Gasteiger partial charge in [0.1, 0.15) is 0 Å². The maximum absolute atomic E-state index is 3.62. The number of nitrogens with zero attached hydrogens (tertiary/aromatic N) is 2. The van der Waals surface area contributed by atoms with Gasteiger partial charge in [0.15, 0.2) is 0 Å². The second-order valence-corrected chi connectivity index (χ2v) is 6.96. The fourth-order valence-corrected chi connectivity index (χ4v) is 3.27. The number of rotatable bonds is 8. The first kappa shape index (κ1) is 15.3. The van der Waals surface area contributed by atoms with Gasteiger partial charge in [-0.3, -0.25) is 0 Å². The van der Waals surface area contributed by atoms with Gasteiger partial charge in [0.05, 0.1) is 0 Å². The van der Waals surface area contributed by atoms with Gasteiger partial charge in [-0.15, -0.1) is 0 Å². The smallest absolute Gasteiger partial charge is 0.00682 e. The van der Waals surface area contributed by atoms with Crippen LogP contribution in [0.15, 0.2) is 0 Å². The Morgan fingerprint density at radius 2 is 1.84 bits per heavy atom. The van der Waals surface area contributed by atoms with Gasteiger partial charge >= 0.3 is 0 Å². The van der Waals surface area contributed by atoms with Crippen LogP contribution in [0.3, 0.4) is 0 Å². The van der Waals surface area contributed by atoms with Crippen molar-refractivity contribution < 1.29 is 0 Å². The van der Waals surface area contributed by atoms with Crippen LogP contribution in [0.25, 0.3) is 0 Å². The molecule has 2 rings (SSSR count). The molecule has 0 amide bonds. The minimum Gasteiger partial charge on any atom is -0.314 e. The summed E-state index contributed by atoms with van der Waals surface area (Å²) >= 11 is 0. The predicted octanol–water partition coefficient (Wildman–Crippen LogP) is 2.18. The highest BCUT2D eigenvalue weighted by molar-refractivity contribution is 4.81. The summed E-state index contributed by atoms with van der Waals surface area (Å²) in [5.74, 6) is 0.926. The molecule has 0 radical (unpaired) electrons. The van der Waals surface area contributed by atoms with Crippen LogP contribution in [-0.2, 0) is 0 Å². The summed E-state index contributed by atoms with van der Waals surface area (Å²) in [7, 11) is 4.39. The molecule has 1 unspecified atom stereocenters. The van der Waals surface area contributed by atoms with E-state index in [0.29, 0.717) is 0 Å². The number of hydrogen-bond acceptors (Lipinski definition) is 3. The van der Waals surface area contributed by atoms with Crippen LogP contribution in [0.4, 0.5) is 0 Å². The van der Waals surface area contributed by atoms with Crippen molar-refractivity contribution in [1.29, 1.82) is 0 Å². The molecule has 3 heteroatoms. The quantitative estimate of drug-likeness (QED) is 0.680. The summed E-state index contributed by atoms with van der Waals surface area (Å²) in [6.07, 6.45) is 8.31. The lowest BCUT2D eigenvalue weighted by atomic mass is 9.95. The second-order valence-electron chi connectivity index (χ2n) is 6.96. The van der Waals surface area contributed by atoms with Gasteiger partial charge in [-0.05, 0) is 85.1 Å². The zero-order valence-electron chi connectivity index (χ0n) is 13.2. The zero-order valence-corrected chi connectivity index (χ0v) is 13.2. The summed E-state index contributed by atoms with van der Waals surface area (Å²) in [6.45, 7) is 7.55. The average Bonchev–Trinajstić information content (AvgIpc) is 3.18. The number of piperidine rings is 1. The minimum absolute atomic E-state index is 0.779. The van der Waals surface area contributed by atoms with E-state index in [0.717, 1.165) is 18.0 Å². The molecule has 0 bridgehead atoms. The van der Waals surface area contributed by atoms with Crippen LogP contribution in [0, 0.1) is 5.92 Å². The van der Waals surface area contributed by atoms with Crippen molar-refractivity contribution in [2.75, 3.05) is 40.3 Å². The maximum Gasteiger partial charge on any atom is 0.00682 e. The third-order valence-electron chi connectivity index (χ3n) is 4.70. The van der Waals surface area contributed by atoms with E-state index < -0.39 is 0 Å². The van der Waals surface area contributed by atoms with E-state index in [2.05, 4.69) is 36.1 Å². The van der Waals surface area contributed by atoms with Crippen molar-refractivity contribution in [1.82, 2.24) is 15.1 Å². The third kappa shape index (κ3) is 5.80. The fourth-order valence-electron chi connectivity index (χ4n) is 3.27. The third-order valence-corrected chi connectivity index (χ3v) is 4.70. The van der Waals surface area contributed by atoms with Crippen molar-refractivity contribution in [3.05, 3.63) is 0 Å². The Morgan fingerprint density at radius 3 is 2.42 bits per heavy atom. The summed E-state index contributed by atoms with van der Waals surface area (Å²) in [5, 5.41) is 3.62. The normalized spacial score (nSPS) is 24.0. The van der Waals surface area contributed by atoms with Gasteiger partial charge in [-0.1, -0.05) is 0 Å². The fraction of sp³-hybridized carbons (Fsp3) is 1.00. The molecule has 1 atom stereocenters. The van der Waals surface area contributed by atoms with E-state index in [1.54, 1.807) is 0 Å². The zero-order chi connectivity index (χ0) is 13.7. The van der Waals surface area contributed by atoms with Crippen LogP contribution in [-0.4, -0.2) is 62.2 Å². The van der Waals surface area contributed by atoms with Crippen LogP contribution in [0.2, 0.25) is 0 Å². The molecule has 19 heavy (non-hydrogen) atoms. The van der Waals surface area contributed by atoms with E-state index in [-0.39, 0.29) is 0 Å². The van der Waals surface area contributed by atoms with E-state index in [1.807, 2.05) is 0 Å². The van der Waals surface area contributed by atoms with Crippen LogP contribution >= 0.6 is 0 Å². The van der Waals surface area contributed by atoms with Crippen LogP contribution in [0.5, 0.6) is 0 Å². The Morgan fingerprint density at radius 1 is 1.16 bits per heavy atom. The van der Waals surface area contributed by atoms with E-state index in [1.165, 1.54) is 64.7 Å². The molecule has 1 aliphatic heterocycles. The van der Waals surface area contributed by atoms with Crippen LogP contribution < -0.4 is 5.32 Å². The summed E-state index contributed by atoms with van der Waals surface area (Å²) in [4.78, 5) is 5.05. The van der Waals surface area contributed by atoms with Crippen LogP contribution in [0.1, 0.15) is 45.4 Å². The van der Waals surface area contributed by atoms with Gasteiger partial charge in [-0.2, -0.15) is 0 Å². The van der Waals surface area contributed by atoms with Gasteiger partial charge in [0.25, 0.3) is 0 Å². The molecule has 1 N–H and O–H groups in total. The minimum atomic E-state index is 0.779. The number of hydrogen-bond donors (Lipinski definition) is 1. The summed E-state index contributed by atoms with van der Waals surface area (Å²) in [5.41, 5.74) is 0. The Labute approximate surface area is 119 Å². The van der Waals surface area contributed by atoms with Gasteiger partial charge in [0, 0.05) is 18.6 Å². The highest BCUT2D eigenvalue weighted by atomic mass is 15.2. The molecule has 0 aromatic rings. The highest BCUT2D eigenvalue weighted by Crippen LogP contribution is 2.21.